The topological polar surface area (TPSA) is 75.4 Å². The van der Waals surface area contributed by atoms with Gasteiger partial charge in [-0.25, -0.2) is 4.39 Å². The standard InChI is InChI=1S/C29H25FN2O3/c1-29(2,27(33)34)17-31-28-32-25(26(35-28)24-8-4-6-20-5-3-7-23(20)24)21-11-9-18(10-12-21)19-13-15-22(30)16-14-19/h3-4,6-16H,5,17H2,1-2H3,(H,31,32)(H,33,34). The number of oxazole rings is 1. The Morgan fingerprint density at radius 1 is 1.03 bits per heavy atom. The van der Waals surface area contributed by atoms with Crippen molar-refractivity contribution in [3.63, 3.8) is 0 Å². The minimum Gasteiger partial charge on any atom is -0.481 e. The number of rotatable bonds is 7. The van der Waals surface area contributed by atoms with Gasteiger partial charge in [-0.1, -0.05) is 66.7 Å². The van der Waals surface area contributed by atoms with Crippen molar-refractivity contribution in [2.45, 2.75) is 20.3 Å². The van der Waals surface area contributed by atoms with E-state index in [0.717, 1.165) is 34.2 Å². The van der Waals surface area contributed by atoms with Gasteiger partial charge in [0.15, 0.2) is 5.76 Å². The molecule has 4 aromatic rings. The molecule has 0 atom stereocenters. The van der Waals surface area contributed by atoms with Gasteiger partial charge in [0.2, 0.25) is 0 Å². The van der Waals surface area contributed by atoms with Gasteiger partial charge in [-0.3, -0.25) is 4.79 Å². The number of benzene rings is 3. The molecule has 5 nitrogen and oxygen atoms in total. The Hall–Kier alpha value is -4.19. The van der Waals surface area contributed by atoms with Gasteiger partial charge in [0.25, 0.3) is 6.01 Å². The van der Waals surface area contributed by atoms with E-state index in [1.54, 1.807) is 26.0 Å². The molecule has 0 bridgehead atoms. The van der Waals surface area contributed by atoms with Gasteiger partial charge in [0.1, 0.15) is 11.5 Å². The summed E-state index contributed by atoms with van der Waals surface area (Å²) in [6, 6.07) is 20.6. The molecule has 6 heteroatoms. The first-order valence-corrected chi connectivity index (χ1v) is 11.4. The van der Waals surface area contributed by atoms with Gasteiger partial charge in [-0.15, -0.1) is 0 Å². The van der Waals surface area contributed by atoms with E-state index in [2.05, 4.69) is 23.5 Å². The van der Waals surface area contributed by atoms with Crippen molar-refractivity contribution in [3.8, 4) is 33.7 Å². The summed E-state index contributed by atoms with van der Waals surface area (Å²) < 4.78 is 19.5. The number of hydrogen-bond donors (Lipinski definition) is 2. The van der Waals surface area contributed by atoms with E-state index in [1.807, 2.05) is 36.4 Å². The number of carboxylic acids is 1. The number of anilines is 1. The Morgan fingerprint density at radius 2 is 1.69 bits per heavy atom. The fraction of sp³-hybridized carbons (Fsp3) is 0.172. The van der Waals surface area contributed by atoms with Crippen molar-refractivity contribution >= 4 is 18.1 Å². The van der Waals surface area contributed by atoms with Gasteiger partial charge < -0.3 is 14.8 Å². The number of hydrogen-bond acceptors (Lipinski definition) is 4. The van der Waals surface area contributed by atoms with Crippen molar-refractivity contribution in [1.82, 2.24) is 4.98 Å². The molecule has 0 saturated carbocycles. The van der Waals surface area contributed by atoms with E-state index in [1.165, 1.54) is 17.7 Å². The molecule has 0 fully saturated rings. The number of aliphatic carboxylic acids is 1. The lowest BCUT2D eigenvalue weighted by molar-refractivity contribution is -0.146. The van der Waals surface area contributed by atoms with Crippen LogP contribution in [0.4, 0.5) is 10.4 Å². The molecule has 1 aliphatic carbocycles. The fourth-order valence-electron chi connectivity index (χ4n) is 4.10. The zero-order chi connectivity index (χ0) is 24.6. The van der Waals surface area contributed by atoms with Crippen LogP contribution in [-0.4, -0.2) is 22.6 Å². The van der Waals surface area contributed by atoms with Crippen molar-refractivity contribution in [1.29, 1.82) is 0 Å². The zero-order valence-electron chi connectivity index (χ0n) is 19.5. The number of allylic oxidation sites excluding steroid dienone is 1. The summed E-state index contributed by atoms with van der Waals surface area (Å²) in [5.74, 6) is -0.550. The van der Waals surface area contributed by atoms with Gasteiger partial charge in [0.05, 0.1) is 5.41 Å². The molecular weight excluding hydrogens is 443 g/mol. The number of fused-ring (bicyclic) bond motifs is 1. The van der Waals surface area contributed by atoms with Crippen molar-refractivity contribution < 1.29 is 18.7 Å². The van der Waals surface area contributed by atoms with Crippen LogP contribution >= 0.6 is 0 Å². The van der Waals surface area contributed by atoms with Crippen LogP contribution in [-0.2, 0) is 11.2 Å². The molecule has 0 amide bonds. The Morgan fingerprint density at radius 3 is 2.37 bits per heavy atom. The third-order valence-electron chi connectivity index (χ3n) is 6.29. The highest BCUT2D eigenvalue weighted by molar-refractivity contribution is 5.85. The lowest BCUT2D eigenvalue weighted by Gasteiger charge is -2.18. The largest absolute Gasteiger partial charge is 0.481 e. The van der Waals surface area contributed by atoms with E-state index in [9.17, 15) is 14.3 Å². The highest BCUT2D eigenvalue weighted by atomic mass is 19.1. The molecule has 1 heterocycles. The molecule has 5 rings (SSSR count). The smallest absolute Gasteiger partial charge is 0.310 e. The Balaban J connectivity index is 1.54. The average Bonchev–Trinajstić information content (AvgIpc) is 3.51. The zero-order valence-corrected chi connectivity index (χ0v) is 19.5. The van der Waals surface area contributed by atoms with E-state index in [-0.39, 0.29) is 18.4 Å². The monoisotopic (exact) mass is 468 g/mol. The Kier molecular flexibility index (Phi) is 5.73. The van der Waals surface area contributed by atoms with E-state index in [4.69, 9.17) is 9.40 Å². The summed E-state index contributed by atoms with van der Waals surface area (Å²) >= 11 is 0. The number of nitrogens with one attached hydrogen (secondary N) is 1. The van der Waals surface area contributed by atoms with Crippen LogP contribution in [0, 0.1) is 11.2 Å². The summed E-state index contributed by atoms with van der Waals surface area (Å²) in [7, 11) is 0. The lowest BCUT2D eigenvalue weighted by Crippen LogP contribution is -2.31. The number of carboxylic acid groups (broad SMARTS) is 1. The molecule has 176 valence electrons. The molecule has 0 unspecified atom stereocenters. The second-order valence-electron chi connectivity index (χ2n) is 9.31. The van der Waals surface area contributed by atoms with Crippen molar-refractivity contribution in [2.24, 2.45) is 5.41 Å². The number of halogens is 1. The number of nitrogens with zero attached hydrogens (tertiary/aromatic N) is 1. The minimum absolute atomic E-state index is 0.165. The third-order valence-corrected chi connectivity index (χ3v) is 6.29. The van der Waals surface area contributed by atoms with Crippen LogP contribution in [0.3, 0.4) is 0 Å². The van der Waals surface area contributed by atoms with Crippen LogP contribution in [0.15, 0.2) is 77.2 Å². The van der Waals surface area contributed by atoms with E-state index >= 15 is 0 Å². The molecule has 0 spiro atoms. The fourth-order valence-corrected chi connectivity index (χ4v) is 4.10. The van der Waals surface area contributed by atoms with Crippen molar-refractivity contribution in [2.75, 3.05) is 11.9 Å². The molecular formula is C29H25FN2O3. The first-order chi connectivity index (χ1) is 16.8. The van der Waals surface area contributed by atoms with Gasteiger partial charge in [0, 0.05) is 17.7 Å². The first-order valence-electron chi connectivity index (χ1n) is 11.4. The summed E-state index contributed by atoms with van der Waals surface area (Å²) in [4.78, 5) is 16.2. The Bertz CT molecular complexity index is 1420. The molecule has 1 aliphatic rings. The summed E-state index contributed by atoms with van der Waals surface area (Å²) in [6.45, 7) is 3.46. The molecule has 2 N–H and O–H groups in total. The second-order valence-corrected chi connectivity index (χ2v) is 9.31. The summed E-state index contributed by atoms with van der Waals surface area (Å²) in [6.07, 6.45) is 5.09. The highest BCUT2D eigenvalue weighted by Gasteiger charge is 2.28. The van der Waals surface area contributed by atoms with Crippen molar-refractivity contribution in [3.05, 3.63) is 89.8 Å². The maximum Gasteiger partial charge on any atom is 0.310 e. The van der Waals surface area contributed by atoms with Crippen LogP contribution in [0.25, 0.3) is 39.8 Å². The van der Waals surface area contributed by atoms with Gasteiger partial charge in [-0.05, 0) is 54.7 Å². The normalized spacial score (nSPS) is 12.5. The molecule has 1 aromatic heterocycles. The van der Waals surface area contributed by atoms with Crippen LogP contribution in [0.1, 0.15) is 25.0 Å². The van der Waals surface area contributed by atoms with Crippen LogP contribution in [0.5, 0.6) is 0 Å². The first kappa shape index (κ1) is 22.6. The van der Waals surface area contributed by atoms with Gasteiger partial charge >= 0.3 is 5.97 Å². The molecule has 0 aliphatic heterocycles. The third kappa shape index (κ3) is 4.47. The molecule has 3 aromatic carbocycles. The predicted octanol–water partition coefficient (Wildman–Crippen LogP) is 6.91. The van der Waals surface area contributed by atoms with E-state index < -0.39 is 11.4 Å². The number of carbonyl (C=O) groups is 1. The maximum absolute atomic E-state index is 13.3. The average molecular weight is 469 g/mol. The quantitative estimate of drug-likeness (QED) is 0.308. The number of aromatic nitrogens is 1. The van der Waals surface area contributed by atoms with Crippen LogP contribution < -0.4 is 5.32 Å². The second kappa shape index (κ2) is 8.87. The van der Waals surface area contributed by atoms with E-state index in [0.29, 0.717) is 11.5 Å². The SMILES string of the molecule is CC(C)(CNc1nc(-c2ccc(-c3ccc(F)cc3)cc2)c(-c2cccc3c2C=CC3)o1)C(=O)O. The maximum atomic E-state index is 13.3. The summed E-state index contributed by atoms with van der Waals surface area (Å²) in [5, 5.41) is 12.5. The Labute approximate surface area is 203 Å². The molecule has 0 saturated heterocycles. The van der Waals surface area contributed by atoms with Crippen LogP contribution in [0.2, 0.25) is 0 Å². The summed E-state index contributed by atoms with van der Waals surface area (Å²) in [5.41, 5.74) is 5.68. The molecule has 35 heavy (non-hydrogen) atoms. The highest BCUT2D eigenvalue weighted by Crippen LogP contribution is 2.39. The minimum atomic E-state index is -0.984. The predicted molar refractivity (Wildman–Crippen MR) is 135 cm³/mol. The molecule has 0 radical (unpaired) electrons. The van der Waals surface area contributed by atoms with Gasteiger partial charge in [-0.2, -0.15) is 4.98 Å². The lowest BCUT2D eigenvalue weighted by atomic mass is 9.94.